The molecule has 0 radical (unpaired) electrons. The predicted molar refractivity (Wildman–Crippen MR) is 101 cm³/mol. The van der Waals surface area contributed by atoms with Crippen LogP contribution in [0, 0.1) is 6.92 Å². The van der Waals surface area contributed by atoms with Crippen molar-refractivity contribution in [3.05, 3.63) is 42.0 Å². The first-order valence-electron chi connectivity index (χ1n) is 7.16. The van der Waals surface area contributed by atoms with Crippen LogP contribution in [0.25, 0.3) is 0 Å². The van der Waals surface area contributed by atoms with Crippen molar-refractivity contribution >= 4 is 29.9 Å². The monoisotopic (exact) mass is 430 g/mol. The fraction of sp³-hybridized carbons (Fsp3) is 0.400. The van der Waals surface area contributed by atoms with Gasteiger partial charge in [0.1, 0.15) is 24.5 Å². The summed E-state index contributed by atoms with van der Waals surface area (Å²) in [6, 6.07) is 8.00. The van der Waals surface area contributed by atoms with Gasteiger partial charge in [0.05, 0.1) is 13.1 Å². The van der Waals surface area contributed by atoms with E-state index in [-0.39, 0.29) is 24.0 Å². The quantitative estimate of drug-likeness (QED) is 0.314. The molecule has 7 nitrogen and oxygen atoms in total. The number of aliphatic imine (C=N–C) groups is 1. The lowest BCUT2D eigenvalue weighted by Crippen LogP contribution is -2.39. The van der Waals surface area contributed by atoms with E-state index in [0.717, 1.165) is 11.6 Å². The van der Waals surface area contributed by atoms with Crippen molar-refractivity contribution in [2.75, 3.05) is 20.2 Å². The third-order valence-electron chi connectivity index (χ3n) is 3.13. The van der Waals surface area contributed by atoms with Crippen molar-refractivity contribution in [3.63, 3.8) is 0 Å². The summed E-state index contributed by atoms with van der Waals surface area (Å²) in [5.74, 6) is 2.42. The Morgan fingerprint density at radius 3 is 2.61 bits per heavy atom. The highest BCUT2D eigenvalue weighted by molar-refractivity contribution is 14.0. The number of nitrogens with one attached hydrogen (secondary N) is 2. The van der Waals surface area contributed by atoms with E-state index in [0.29, 0.717) is 25.7 Å². The summed E-state index contributed by atoms with van der Waals surface area (Å²) in [7, 11) is 3.59. The minimum Gasteiger partial charge on any atom is -0.492 e. The van der Waals surface area contributed by atoms with Gasteiger partial charge >= 0.3 is 0 Å². The Morgan fingerprint density at radius 1 is 1.26 bits per heavy atom. The third-order valence-corrected chi connectivity index (χ3v) is 3.13. The van der Waals surface area contributed by atoms with Crippen molar-refractivity contribution in [2.45, 2.75) is 13.5 Å². The van der Waals surface area contributed by atoms with E-state index < -0.39 is 0 Å². The molecule has 0 atom stereocenters. The molecule has 2 aromatic rings. The summed E-state index contributed by atoms with van der Waals surface area (Å²) in [6.07, 6.45) is 1.53. The van der Waals surface area contributed by atoms with Crippen LogP contribution in [-0.2, 0) is 13.6 Å². The van der Waals surface area contributed by atoms with Crippen LogP contribution in [0.1, 0.15) is 11.4 Å². The van der Waals surface area contributed by atoms with E-state index in [9.17, 15) is 0 Å². The van der Waals surface area contributed by atoms with Gasteiger partial charge < -0.3 is 15.4 Å². The number of guanidine groups is 1. The van der Waals surface area contributed by atoms with E-state index in [1.165, 1.54) is 11.9 Å². The lowest BCUT2D eigenvalue weighted by molar-refractivity contribution is 0.322. The maximum Gasteiger partial charge on any atom is 0.191 e. The number of aromatic nitrogens is 3. The maximum absolute atomic E-state index is 5.65. The van der Waals surface area contributed by atoms with E-state index >= 15 is 0 Å². The van der Waals surface area contributed by atoms with Crippen LogP contribution in [-0.4, -0.2) is 40.9 Å². The van der Waals surface area contributed by atoms with E-state index in [4.69, 9.17) is 4.74 Å². The molecule has 126 valence electrons. The Hall–Kier alpha value is -1.84. The molecule has 0 aliphatic rings. The maximum atomic E-state index is 5.65. The highest BCUT2D eigenvalue weighted by Crippen LogP contribution is 2.10. The first-order chi connectivity index (χ1) is 10.7. The molecule has 23 heavy (non-hydrogen) atoms. The molecule has 0 aliphatic heterocycles. The van der Waals surface area contributed by atoms with Crippen LogP contribution in [0.15, 0.2) is 35.6 Å². The molecule has 2 N–H and O–H groups in total. The van der Waals surface area contributed by atoms with Gasteiger partial charge in [-0.05, 0) is 19.1 Å². The predicted octanol–water partition coefficient (Wildman–Crippen LogP) is 1.49. The van der Waals surface area contributed by atoms with Crippen molar-refractivity contribution in [3.8, 4) is 5.75 Å². The van der Waals surface area contributed by atoms with E-state index in [2.05, 4.69) is 32.6 Å². The number of halogens is 1. The number of nitrogens with zero attached hydrogens (tertiary/aromatic N) is 4. The molecule has 0 unspecified atom stereocenters. The Bertz CT molecular complexity index is 611. The van der Waals surface area contributed by atoms with E-state index in [1.807, 2.05) is 31.3 Å². The van der Waals surface area contributed by atoms with Gasteiger partial charge in [0.25, 0.3) is 0 Å². The van der Waals surface area contributed by atoms with Gasteiger partial charge in [0.2, 0.25) is 0 Å². The first kappa shape index (κ1) is 19.2. The molecule has 2 rings (SSSR count). The van der Waals surface area contributed by atoms with Crippen LogP contribution in [0.5, 0.6) is 5.75 Å². The van der Waals surface area contributed by atoms with Crippen molar-refractivity contribution in [2.24, 2.45) is 12.0 Å². The highest BCUT2D eigenvalue weighted by Gasteiger charge is 2.02. The number of rotatable bonds is 6. The van der Waals surface area contributed by atoms with Crippen molar-refractivity contribution < 1.29 is 4.74 Å². The molecular weight excluding hydrogens is 407 g/mol. The fourth-order valence-electron chi connectivity index (χ4n) is 1.84. The second-order valence-corrected chi connectivity index (χ2v) is 4.81. The third kappa shape index (κ3) is 6.43. The minimum absolute atomic E-state index is 0. The molecule has 0 aliphatic carbocycles. The van der Waals surface area contributed by atoms with Crippen LogP contribution in [0.3, 0.4) is 0 Å². The second kappa shape index (κ2) is 10.0. The van der Waals surface area contributed by atoms with Gasteiger partial charge in [0, 0.05) is 14.1 Å². The van der Waals surface area contributed by atoms with Gasteiger partial charge in [-0.1, -0.05) is 17.7 Å². The summed E-state index contributed by atoms with van der Waals surface area (Å²) in [5, 5.41) is 10.4. The minimum atomic E-state index is 0. The van der Waals surface area contributed by atoms with Gasteiger partial charge in [-0.3, -0.25) is 9.67 Å². The lowest BCUT2D eigenvalue weighted by atomic mass is 10.2. The van der Waals surface area contributed by atoms with Crippen LogP contribution in [0.2, 0.25) is 0 Å². The summed E-state index contributed by atoms with van der Waals surface area (Å²) in [5.41, 5.74) is 1.22. The number of hydrogen-bond acceptors (Lipinski definition) is 4. The smallest absolute Gasteiger partial charge is 0.191 e. The molecule has 1 aromatic heterocycles. The molecule has 1 aromatic carbocycles. The zero-order chi connectivity index (χ0) is 15.8. The Morgan fingerprint density at radius 2 is 2.00 bits per heavy atom. The Balaban J connectivity index is 0.00000264. The van der Waals surface area contributed by atoms with Crippen molar-refractivity contribution in [1.29, 1.82) is 0 Å². The molecular formula is C15H23IN6O. The Kier molecular flexibility index (Phi) is 8.38. The topological polar surface area (TPSA) is 76.4 Å². The number of hydrogen-bond donors (Lipinski definition) is 2. The summed E-state index contributed by atoms with van der Waals surface area (Å²) in [6.45, 7) is 3.84. The highest BCUT2D eigenvalue weighted by atomic mass is 127. The zero-order valence-corrected chi connectivity index (χ0v) is 15.9. The van der Waals surface area contributed by atoms with Crippen LogP contribution >= 0.6 is 24.0 Å². The first-order valence-corrected chi connectivity index (χ1v) is 7.16. The van der Waals surface area contributed by atoms with Gasteiger partial charge in [-0.25, -0.2) is 4.98 Å². The molecule has 0 amide bonds. The summed E-state index contributed by atoms with van der Waals surface area (Å²) >= 11 is 0. The number of aryl methyl sites for hydroxylation is 2. The van der Waals surface area contributed by atoms with Crippen molar-refractivity contribution in [1.82, 2.24) is 25.4 Å². The normalized spacial score (nSPS) is 10.8. The average molecular weight is 430 g/mol. The molecule has 1 heterocycles. The van der Waals surface area contributed by atoms with Gasteiger partial charge in [-0.15, -0.1) is 24.0 Å². The second-order valence-electron chi connectivity index (χ2n) is 4.81. The lowest BCUT2D eigenvalue weighted by Gasteiger charge is -2.12. The van der Waals surface area contributed by atoms with Crippen LogP contribution in [0.4, 0.5) is 0 Å². The Labute approximate surface area is 153 Å². The summed E-state index contributed by atoms with van der Waals surface area (Å²) < 4.78 is 7.38. The molecule has 0 bridgehead atoms. The molecule has 0 spiro atoms. The summed E-state index contributed by atoms with van der Waals surface area (Å²) in [4.78, 5) is 8.30. The molecule has 0 saturated carbocycles. The fourth-order valence-corrected chi connectivity index (χ4v) is 1.84. The van der Waals surface area contributed by atoms with Gasteiger partial charge in [0.15, 0.2) is 5.96 Å². The standard InChI is InChI=1S/C15H22N6O.HI/c1-12-4-6-13(7-5-12)22-9-8-17-15(16-2)18-10-14-19-11-20-21(14)3;/h4-7,11H,8-10H2,1-3H3,(H2,16,17,18);1H. The average Bonchev–Trinajstić information content (AvgIpc) is 2.93. The van der Waals surface area contributed by atoms with E-state index in [1.54, 1.807) is 11.7 Å². The number of ether oxygens (including phenoxy) is 1. The zero-order valence-electron chi connectivity index (χ0n) is 13.6. The SMILES string of the molecule is CN=C(NCCOc1ccc(C)cc1)NCc1ncnn1C.I. The molecule has 0 fully saturated rings. The molecule has 8 heteroatoms. The number of benzene rings is 1. The van der Waals surface area contributed by atoms with Crippen LogP contribution < -0.4 is 15.4 Å². The molecule has 0 saturated heterocycles. The van der Waals surface area contributed by atoms with Gasteiger partial charge in [-0.2, -0.15) is 5.10 Å². The largest absolute Gasteiger partial charge is 0.492 e.